The Hall–Kier alpha value is -0.570. The fourth-order valence-electron chi connectivity index (χ4n) is 1.43. The lowest BCUT2D eigenvalue weighted by molar-refractivity contribution is -0.143. The molecule has 14 heavy (non-hydrogen) atoms. The Balaban J connectivity index is 3.85. The molecule has 0 aliphatic heterocycles. The van der Waals surface area contributed by atoms with E-state index in [1.54, 1.807) is 0 Å². The summed E-state index contributed by atoms with van der Waals surface area (Å²) in [5.74, 6) is -0.157. The molecule has 0 saturated carbocycles. The average Bonchev–Trinajstić information content (AvgIpc) is 2.21. The Kier molecular flexibility index (Phi) is 7.48. The summed E-state index contributed by atoms with van der Waals surface area (Å²) < 4.78 is 4.71. The Morgan fingerprint density at radius 3 is 2.50 bits per heavy atom. The van der Waals surface area contributed by atoms with Gasteiger partial charge in [0.2, 0.25) is 0 Å². The topological polar surface area (TPSA) is 38.3 Å². The van der Waals surface area contributed by atoms with Crippen molar-refractivity contribution in [1.82, 2.24) is 5.32 Å². The SMILES string of the molecule is CCCCC(C)NC(CC)C(=O)OC. The van der Waals surface area contributed by atoms with Gasteiger partial charge in [0.05, 0.1) is 7.11 Å². The number of carbonyl (C=O) groups excluding carboxylic acids is 1. The van der Waals surface area contributed by atoms with E-state index in [1.165, 1.54) is 20.0 Å². The first-order valence-electron chi connectivity index (χ1n) is 5.49. The third-order valence-corrected chi connectivity index (χ3v) is 2.37. The molecule has 0 fully saturated rings. The zero-order valence-electron chi connectivity index (χ0n) is 9.80. The van der Waals surface area contributed by atoms with Crippen LogP contribution in [0.15, 0.2) is 0 Å². The molecular weight excluding hydrogens is 178 g/mol. The number of hydrogen-bond donors (Lipinski definition) is 1. The van der Waals surface area contributed by atoms with Crippen LogP contribution in [0.4, 0.5) is 0 Å². The van der Waals surface area contributed by atoms with E-state index in [4.69, 9.17) is 4.74 Å². The molecule has 3 heteroatoms. The van der Waals surface area contributed by atoms with Crippen molar-refractivity contribution in [3.8, 4) is 0 Å². The Morgan fingerprint density at radius 2 is 2.07 bits per heavy atom. The second-order valence-corrected chi connectivity index (χ2v) is 3.69. The van der Waals surface area contributed by atoms with Crippen LogP contribution in [-0.2, 0) is 9.53 Å². The molecule has 0 amide bonds. The van der Waals surface area contributed by atoms with Crippen LogP contribution < -0.4 is 5.32 Å². The maximum Gasteiger partial charge on any atom is 0.322 e. The minimum absolute atomic E-state index is 0.146. The highest BCUT2D eigenvalue weighted by Crippen LogP contribution is 2.03. The summed E-state index contributed by atoms with van der Waals surface area (Å²) in [4.78, 5) is 11.3. The first-order valence-corrected chi connectivity index (χ1v) is 5.49. The Bertz CT molecular complexity index is 159. The van der Waals surface area contributed by atoms with E-state index < -0.39 is 0 Å². The van der Waals surface area contributed by atoms with Gasteiger partial charge in [-0.3, -0.25) is 4.79 Å². The normalized spacial score (nSPS) is 14.9. The van der Waals surface area contributed by atoms with E-state index in [2.05, 4.69) is 19.2 Å². The lowest BCUT2D eigenvalue weighted by Crippen LogP contribution is -2.42. The summed E-state index contributed by atoms with van der Waals surface area (Å²) in [6.07, 6.45) is 4.29. The zero-order valence-corrected chi connectivity index (χ0v) is 9.80. The number of methoxy groups -OCH3 is 1. The largest absolute Gasteiger partial charge is 0.468 e. The molecule has 2 atom stereocenters. The van der Waals surface area contributed by atoms with Gasteiger partial charge in [-0.05, 0) is 19.8 Å². The molecule has 0 saturated heterocycles. The number of carbonyl (C=O) groups is 1. The second-order valence-electron chi connectivity index (χ2n) is 3.69. The van der Waals surface area contributed by atoms with Gasteiger partial charge in [-0.1, -0.05) is 26.7 Å². The van der Waals surface area contributed by atoms with Gasteiger partial charge in [-0.25, -0.2) is 0 Å². The molecule has 0 aromatic carbocycles. The molecule has 0 aliphatic carbocycles. The molecule has 0 aromatic rings. The lowest BCUT2D eigenvalue weighted by Gasteiger charge is -2.19. The minimum atomic E-state index is -0.157. The van der Waals surface area contributed by atoms with Gasteiger partial charge in [-0.2, -0.15) is 0 Å². The van der Waals surface area contributed by atoms with Gasteiger partial charge in [0.25, 0.3) is 0 Å². The van der Waals surface area contributed by atoms with Gasteiger partial charge < -0.3 is 10.1 Å². The van der Waals surface area contributed by atoms with E-state index in [0.29, 0.717) is 6.04 Å². The quantitative estimate of drug-likeness (QED) is 0.641. The van der Waals surface area contributed by atoms with E-state index in [-0.39, 0.29) is 12.0 Å². The molecular formula is C11H23NO2. The molecule has 3 nitrogen and oxygen atoms in total. The Morgan fingerprint density at radius 1 is 1.43 bits per heavy atom. The van der Waals surface area contributed by atoms with E-state index >= 15 is 0 Å². The van der Waals surface area contributed by atoms with Crippen LogP contribution >= 0.6 is 0 Å². The van der Waals surface area contributed by atoms with Crippen LogP contribution in [0.3, 0.4) is 0 Å². The standard InChI is InChI=1S/C11H23NO2/c1-5-7-8-9(3)12-10(6-2)11(13)14-4/h9-10,12H,5-8H2,1-4H3. The van der Waals surface area contributed by atoms with Crippen molar-refractivity contribution in [3.63, 3.8) is 0 Å². The van der Waals surface area contributed by atoms with Crippen LogP contribution in [0, 0.1) is 0 Å². The molecule has 0 radical (unpaired) electrons. The molecule has 0 aromatic heterocycles. The first kappa shape index (κ1) is 13.4. The van der Waals surface area contributed by atoms with E-state index in [9.17, 15) is 4.79 Å². The van der Waals surface area contributed by atoms with Crippen LogP contribution in [0.5, 0.6) is 0 Å². The van der Waals surface area contributed by atoms with Crippen molar-refractivity contribution in [3.05, 3.63) is 0 Å². The van der Waals surface area contributed by atoms with Crippen LogP contribution in [-0.4, -0.2) is 25.2 Å². The summed E-state index contributed by atoms with van der Waals surface area (Å²) in [5.41, 5.74) is 0. The summed E-state index contributed by atoms with van der Waals surface area (Å²) in [5, 5.41) is 3.28. The number of unbranched alkanes of at least 4 members (excludes halogenated alkanes) is 1. The van der Waals surface area contributed by atoms with Crippen LogP contribution in [0.1, 0.15) is 46.5 Å². The second kappa shape index (κ2) is 7.80. The summed E-state index contributed by atoms with van der Waals surface area (Å²) >= 11 is 0. The first-order chi connectivity index (χ1) is 6.65. The minimum Gasteiger partial charge on any atom is -0.468 e. The number of nitrogens with one attached hydrogen (secondary N) is 1. The van der Waals surface area contributed by atoms with Gasteiger partial charge in [0.1, 0.15) is 6.04 Å². The summed E-state index contributed by atoms with van der Waals surface area (Å²) in [6, 6.07) is 0.242. The van der Waals surface area contributed by atoms with Crippen molar-refractivity contribution in [2.24, 2.45) is 0 Å². The van der Waals surface area contributed by atoms with E-state index in [1.807, 2.05) is 6.92 Å². The molecule has 0 heterocycles. The third-order valence-electron chi connectivity index (χ3n) is 2.37. The number of rotatable bonds is 7. The van der Waals surface area contributed by atoms with Gasteiger partial charge >= 0.3 is 5.97 Å². The number of ether oxygens (including phenoxy) is 1. The monoisotopic (exact) mass is 201 g/mol. The molecule has 84 valence electrons. The van der Waals surface area contributed by atoms with Crippen LogP contribution in [0.2, 0.25) is 0 Å². The van der Waals surface area contributed by atoms with Crippen molar-refractivity contribution >= 4 is 5.97 Å². The molecule has 0 rings (SSSR count). The lowest BCUT2D eigenvalue weighted by atomic mass is 10.1. The van der Waals surface area contributed by atoms with Gasteiger partial charge in [0, 0.05) is 6.04 Å². The van der Waals surface area contributed by atoms with E-state index in [0.717, 1.165) is 12.8 Å². The van der Waals surface area contributed by atoms with Crippen molar-refractivity contribution in [1.29, 1.82) is 0 Å². The van der Waals surface area contributed by atoms with Gasteiger partial charge in [-0.15, -0.1) is 0 Å². The fraction of sp³-hybridized carbons (Fsp3) is 0.909. The van der Waals surface area contributed by atoms with Crippen molar-refractivity contribution < 1.29 is 9.53 Å². The summed E-state index contributed by atoms with van der Waals surface area (Å²) in [7, 11) is 1.43. The number of hydrogen-bond acceptors (Lipinski definition) is 3. The maximum atomic E-state index is 11.3. The number of esters is 1. The van der Waals surface area contributed by atoms with Crippen LogP contribution in [0.25, 0.3) is 0 Å². The highest BCUT2D eigenvalue weighted by molar-refractivity contribution is 5.75. The average molecular weight is 201 g/mol. The molecule has 0 spiro atoms. The van der Waals surface area contributed by atoms with Gasteiger partial charge in [0.15, 0.2) is 0 Å². The summed E-state index contributed by atoms with van der Waals surface area (Å²) in [6.45, 7) is 6.27. The maximum absolute atomic E-state index is 11.3. The fourth-order valence-corrected chi connectivity index (χ4v) is 1.43. The van der Waals surface area contributed by atoms with Crippen molar-refractivity contribution in [2.75, 3.05) is 7.11 Å². The third kappa shape index (κ3) is 5.22. The van der Waals surface area contributed by atoms with Crippen molar-refractivity contribution in [2.45, 2.75) is 58.5 Å². The Labute approximate surface area is 87.2 Å². The molecule has 0 aliphatic rings. The molecule has 2 unspecified atom stereocenters. The molecule has 1 N–H and O–H groups in total. The predicted molar refractivity (Wildman–Crippen MR) is 58.2 cm³/mol. The zero-order chi connectivity index (χ0) is 11.0. The highest BCUT2D eigenvalue weighted by atomic mass is 16.5. The smallest absolute Gasteiger partial charge is 0.322 e. The predicted octanol–water partition coefficient (Wildman–Crippen LogP) is 2.11. The highest BCUT2D eigenvalue weighted by Gasteiger charge is 2.18. The molecule has 0 bridgehead atoms.